The molecule has 0 bridgehead atoms. The van der Waals surface area contributed by atoms with Crippen LogP contribution >= 0.6 is 0 Å². The SMILES string of the molecule is COc1ccc(C=CC(=O)CC(=O)c2cc3ccc(OC)cc3oc2=O)cc1. The van der Waals surface area contributed by atoms with Gasteiger partial charge in [-0.25, -0.2) is 4.79 Å². The van der Waals surface area contributed by atoms with Crippen LogP contribution in [0.25, 0.3) is 17.0 Å². The van der Waals surface area contributed by atoms with E-state index in [1.165, 1.54) is 19.3 Å². The molecule has 0 atom stereocenters. The molecule has 0 aliphatic carbocycles. The summed E-state index contributed by atoms with van der Waals surface area (Å²) in [5.74, 6) is 0.249. The fourth-order valence-corrected chi connectivity index (χ4v) is 2.63. The van der Waals surface area contributed by atoms with Gasteiger partial charge in [0.25, 0.3) is 0 Å². The summed E-state index contributed by atoms with van der Waals surface area (Å²) in [6, 6.07) is 13.5. The molecule has 0 spiro atoms. The lowest BCUT2D eigenvalue weighted by atomic mass is 10.1. The fourth-order valence-electron chi connectivity index (χ4n) is 2.63. The molecule has 0 radical (unpaired) electrons. The van der Waals surface area contributed by atoms with E-state index in [0.717, 1.165) is 5.56 Å². The predicted molar refractivity (Wildman–Crippen MR) is 105 cm³/mol. The van der Waals surface area contributed by atoms with Gasteiger partial charge in [0.1, 0.15) is 22.6 Å². The molecule has 0 amide bonds. The van der Waals surface area contributed by atoms with E-state index < -0.39 is 23.6 Å². The summed E-state index contributed by atoms with van der Waals surface area (Å²) in [7, 11) is 3.07. The molecular weight excluding hydrogens is 360 g/mol. The number of fused-ring (bicyclic) bond motifs is 1. The third-order valence-electron chi connectivity index (χ3n) is 4.16. The van der Waals surface area contributed by atoms with Crippen LogP contribution in [0.4, 0.5) is 0 Å². The molecule has 28 heavy (non-hydrogen) atoms. The second-order valence-corrected chi connectivity index (χ2v) is 6.02. The lowest BCUT2D eigenvalue weighted by Gasteiger charge is -2.03. The molecule has 3 aromatic rings. The molecule has 6 heteroatoms. The van der Waals surface area contributed by atoms with Gasteiger partial charge in [0.15, 0.2) is 11.6 Å². The van der Waals surface area contributed by atoms with Gasteiger partial charge in [0, 0.05) is 11.5 Å². The fraction of sp³-hybridized carbons (Fsp3) is 0.136. The number of carbonyl (C=O) groups excluding carboxylic acids is 2. The third-order valence-corrected chi connectivity index (χ3v) is 4.16. The van der Waals surface area contributed by atoms with E-state index in [1.807, 2.05) is 0 Å². The van der Waals surface area contributed by atoms with Crippen molar-refractivity contribution in [1.82, 2.24) is 0 Å². The summed E-state index contributed by atoms with van der Waals surface area (Å²) >= 11 is 0. The number of hydrogen-bond donors (Lipinski definition) is 0. The summed E-state index contributed by atoms with van der Waals surface area (Å²) in [6.07, 6.45) is 2.50. The molecule has 1 aromatic heterocycles. The number of methoxy groups -OCH3 is 2. The van der Waals surface area contributed by atoms with Crippen molar-refractivity contribution in [3.05, 3.63) is 76.2 Å². The molecular formula is C22H18O6. The highest BCUT2D eigenvalue weighted by atomic mass is 16.5. The van der Waals surface area contributed by atoms with Crippen molar-refractivity contribution >= 4 is 28.6 Å². The Bertz CT molecular complexity index is 1110. The van der Waals surface area contributed by atoms with Gasteiger partial charge >= 0.3 is 5.63 Å². The largest absolute Gasteiger partial charge is 0.497 e. The number of benzene rings is 2. The third kappa shape index (κ3) is 4.35. The molecule has 3 rings (SSSR count). The zero-order chi connectivity index (χ0) is 20.1. The van der Waals surface area contributed by atoms with Gasteiger partial charge in [-0.15, -0.1) is 0 Å². The van der Waals surface area contributed by atoms with Crippen LogP contribution in [0.3, 0.4) is 0 Å². The quantitative estimate of drug-likeness (QED) is 0.270. The van der Waals surface area contributed by atoms with E-state index in [4.69, 9.17) is 13.9 Å². The Morgan fingerprint density at radius 1 is 0.964 bits per heavy atom. The first-order chi connectivity index (χ1) is 13.5. The van der Waals surface area contributed by atoms with Crippen LogP contribution in [0.2, 0.25) is 0 Å². The van der Waals surface area contributed by atoms with Crippen molar-refractivity contribution < 1.29 is 23.5 Å². The highest BCUT2D eigenvalue weighted by Crippen LogP contribution is 2.20. The van der Waals surface area contributed by atoms with Crippen LogP contribution in [0.5, 0.6) is 11.5 Å². The first-order valence-corrected chi connectivity index (χ1v) is 8.50. The molecule has 0 unspecified atom stereocenters. The van der Waals surface area contributed by atoms with Crippen LogP contribution in [0.1, 0.15) is 22.3 Å². The van der Waals surface area contributed by atoms with Crippen LogP contribution in [0, 0.1) is 0 Å². The zero-order valence-corrected chi connectivity index (χ0v) is 15.4. The predicted octanol–water partition coefficient (Wildman–Crippen LogP) is 3.67. The Balaban J connectivity index is 1.74. The minimum Gasteiger partial charge on any atom is -0.497 e. The maximum atomic E-state index is 12.4. The number of Topliss-reactive ketones (excluding diaryl/α,β-unsaturated/α-hetero) is 1. The first kappa shape index (κ1) is 19.1. The van der Waals surface area contributed by atoms with Crippen molar-refractivity contribution in [3.63, 3.8) is 0 Å². The van der Waals surface area contributed by atoms with Crippen LogP contribution in [-0.4, -0.2) is 25.8 Å². The van der Waals surface area contributed by atoms with E-state index in [2.05, 4.69) is 0 Å². The lowest BCUT2D eigenvalue weighted by Crippen LogP contribution is -2.16. The molecule has 2 aromatic carbocycles. The second kappa shape index (κ2) is 8.35. The molecule has 6 nitrogen and oxygen atoms in total. The molecule has 0 aliphatic rings. The number of allylic oxidation sites excluding steroid dienone is 1. The van der Waals surface area contributed by atoms with Crippen molar-refractivity contribution in [3.8, 4) is 11.5 Å². The van der Waals surface area contributed by atoms with E-state index in [9.17, 15) is 14.4 Å². The average molecular weight is 378 g/mol. The number of carbonyl (C=O) groups is 2. The van der Waals surface area contributed by atoms with Crippen molar-refractivity contribution in [2.75, 3.05) is 14.2 Å². The van der Waals surface area contributed by atoms with E-state index in [-0.39, 0.29) is 5.56 Å². The monoisotopic (exact) mass is 378 g/mol. The normalized spacial score (nSPS) is 10.9. The minimum absolute atomic E-state index is 0.149. The second-order valence-electron chi connectivity index (χ2n) is 6.02. The maximum absolute atomic E-state index is 12.4. The van der Waals surface area contributed by atoms with Crippen molar-refractivity contribution in [1.29, 1.82) is 0 Å². The van der Waals surface area contributed by atoms with Gasteiger partial charge in [-0.05, 0) is 42.0 Å². The summed E-state index contributed by atoms with van der Waals surface area (Å²) < 4.78 is 15.3. The molecule has 142 valence electrons. The van der Waals surface area contributed by atoms with E-state index in [1.54, 1.807) is 55.7 Å². The molecule has 0 fully saturated rings. The number of ether oxygens (including phenoxy) is 2. The van der Waals surface area contributed by atoms with E-state index >= 15 is 0 Å². The van der Waals surface area contributed by atoms with Crippen molar-refractivity contribution in [2.24, 2.45) is 0 Å². The zero-order valence-electron chi connectivity index (χ0n) is 15.4. The molecule has 0 N–H and O–H groups in total. The summed E-state index contributed by atoms with van der Waals surface area (Å²) in [5.41, 5.74) is 0.175. The first-order valence-electron chi connectivity index (χ1n) is 8.50. The molecule has 0 saturated carbocycles. The van der Waals surface area contributed by atoms with Crippen LogP contribution in [0.15, 0.2) is 63.8 Å². The molecule has 0 aliphatic heterocycles. The Labute approximate surface area is 161 Å². The van der Waals surface area contributed by atoms with Gasteiger partial charge in [-0.2, -0.15) is 0 Å². The Hall–Kier alpha value is -3.67. The minimum atomic E-state index is -0.780. The van der Waals surface area contributed by atoms with Crippen LogP contribution in [-0.2, 0) is 4.79 Å². The van der Waals surface area contributed by atoms with Crippen molar-refractivity contribution in [2.45, 2.75) is 6.42 Å². The highest BCUT2D eigenvalue weighted by Gasteiger charge is 2.16. The van der Waals surface area contributed by atoms with Gasteiger partial charge < -0.3 is 13.9 Å². The smallest absolute Gasteiger partial charge is 0.347 e. The number of hydrogen-bond acceptors (Lipinski definition) is 6. The summed E-state index contributed by atoms with van der Waals surface area (Å²) in [4.78, 5) is 36.6. The van der Waals surface area contributed by atoms with Gasteiger partial charge in [0.2, 0.25) is 0 Å². The molecule has 1 heterocycles. The van der Waals surface area contributed by atoms with Gasteiger partial charge in [-0.3, -0.25) is 9.59 Å². The van der Waals surface area contributed by atoms with Gasteiger partial charge in [-0.1, -0.05) is 18.2 Å². The standard InChI is InChI=1S/C22H18O6/c1-26-17-8-4-14(5-9-17)3-7-16(23)12-20(24)19-11-15-6-10-18(27-2)13-21(15)28-22(19)25/h3-11,13H,12H2,1-2H3. The summed E-state index contributed by atoms with van der Waals surface area (Å²) in [6.45, 7) is 0. The number of ketones is 2. The number of rotatable bonds is 7. The van der Waals surface area contributed by atoms with E-state index in [0.29, 0.717) is 22.5 Å². The summed E-state index contributed by atoms with van der Waals surface area (Å²) in [5, 5.41) is 0.574. The Morgan fingerprint density at radius 3 is 2.32 bits per heavy atom. The highest BCUT2D eigenvalue weighted by molar-refractivity contribution is 6.12. The lowest BCUT2D eigenvalue weighted by molar-refractivity contribution is -0.113. The average Bonchev–Trinajstić information content (AvgIpc) is 2.71. The van der Waals surface area contributed by atoms with Crippen LogP contribution < -0.4 is 15.1 Å². The Morgan fingerprint density at radius 2 is 1.64 bits per heavy atom. The topological polar surface area (TPSA) is 82.8 Å². The Kier molecular flexibility index (Phi) is 5.69. The maximum Gasteiger partial charge on any atom is 0.347 e. The van der Waals surface area contributed by atoms with Gasteiger partial charge in [0.05, 0.1) is 20.6 Å². The molecule has 0 saturated heterocycles.